The second-order valence-electron chi connectivity index (χ2n) is 5.13. The van der Waals surface area contributed by atoms with Crippen molar-refractivity contribution in [2.45, 2.75) is 13.2 Å². The molecule has 0 N–H and O–H groups in total. The maximum Gasteiger partial charge on any atom is 0.172 e. The molecule has 0 spiro atoms. The van der Waals surface area contributed by atoms with Crippen LogP contribution in [0, 0.1) is 0 Å². The number of nitrogens with zero attached hydrogens (tertiary/aromatic N) is 3. The molecule has 2 aliphatic rings. The average molecular weight is 332 g/mol. The Morgan fingerprint density at radius 2 is 1.95 bits per heavy atom. The van der Waals surface area contributed by atoms with Crippen LogP contribution in [0.4, 0.5) is 5.69 Å². The molecule has 2 heterocycles. The smallest absolute Gasteiger partial charge is 0.172 e. The van der Waals surface area contributed by atoms with E-state index in [-0.39, 0.29) is 6.29 Å². The highest BCUT2D eigenvalue weighted by atomic mass is 35.5. The van der Waals surface area contributed by atoms with E-state index in [0.29, 0.717) is 29.8 Å². The maximum absolute atomic E-state index is 6.35. The summed E-state index contributed by atoms with van der Waals surface area (Å²) >= 11 is 12.3. The van der Waals surface area contributed by atoms with E-state index in [0.717, 1.165) is 25.6 Å². The molecule has 5 nitrogen and oxygen atoms in total. The third-order valence-corrected chi connectivity index (χ3v) is 4.26. The number of anilines is 1. The molecular weight excluding hydrogens is 313 g/mol. The van der Waals surface area contributed by atoms with Crippen molar-refractivity contribution >= 4 is 28.9 Å². The fourth-order valence-electron chi connectivity index (χ4n) is 2.59. The molecular formula is C14H19Cl2N3O2. The SMILES string of the molecule is CCN1CN(CC2OCCO2)N(c2ccc(Cl)cc2Cl)C1. The minimum absolute atomic E-state index is 0.171. The Kier molecular flexibility index (Phi) is 4.88. The van der Waals surface area contributed by atoms with Crippen LogP contribution < -0.4 is 5.01 Å². The van der Waals surface area contributed by atoms with Crippen molar-refractivity contribution in [3.05, 3.63) is 28.2 Å². The Morgan fingerprint density at radius 3 is 2.62 bits per heavy atom. The van der Waals surface area contributed by atoms with E-state index in [9.17, 15) is 0 Å². The summed E-state index contributed by atoms with van der Waals surface area (Å²) in [6, 6.07) is 5.58. The molecule has 1 aromatic rings. The van der Waals surface area contributed by atoms with Crippen LogP contribution in [0.2, 0.25) is 10.0 Å². The van der Waals surface area contributed by atoms with Crippen molar-refractivity contribution < 1.29 is 9.47 Å². The van der Waals surface area contributed by atoms with E-state index < -0.39 is 0 Å². The molecule has 2 saturated heterocycles. The summed E-state index contributed by atoms with van der Waals surface area (Å²) in [6.07, 6.45) is -0.171. The van der Waals surface area contributed by atoms with E-state index in [4.69, 9.17) is 32.7 Å². The fourth-order valence-corrected chi connectivity index (χ4v) is 3.10. The average Bonchev–Trinajstić information content (AvgIpc) is 3.09. The summed E-state index contributed by atoms with van der Waals surface area (Å²) in [5, 5.41) is 5.66. The molecule has 0 atom stereocenters. The van der Waals surface area contributed by atoms with Crippen molar-refractivity contribution in [2.24, 2.45) is 0 Å². The van der Waals surface area contributed by atoms with Crippen LogP contribution in [-0.2, 0) is 9.47 Å². The minimum Gasteiger partial charge on any atom is -0.349 e. The molecule has 0 bridgehead atoms. The summed E-state index contributed by atoms with van der Waals surface area (Å²) in [5.41, 5.74) is 0.954. The highest BCUT2D eigenvalue weighted by Gasteiger charge is 2.32. The molecule has 3 rings (SSSR count). The number of hydrogen-bond donors (Lipinski definition) is 0. The van der Waals surface area contributed by atoms with Gasteiger partial charge in [0, 0.05) is 5.02 Å². The Bertz CT molecular complexity index is 497. The summed E-state index contributed by atoms with van der Waals surface area (Å²) < 4.78 is 11.1. The molecule has 0 aliphatic carbocycles. The molecule has 2 aliphatic heterocycles. The molecule has 0 unspecified atom stereocenters. The normalized spacial score (nSPS) is 21.6. The zero-order valence-corrected chi connectivity index (χ0v) is 13.5. The van der Waals surface area contributed by atoms with E-state index in [2.05, 4.69) is 21.8 Å². The number of hydrogen-bond acceptors (Lipinski definition) is 5. The first-order valence-corrected chi connectivity index (χ1v) is 7.86. The van der Waals surface area contributed by atoms with E-state index >= 15 is 0 Å². The lowest BCUT2D eigenvalue weighted by atomic mass is 10.3. The van der Waals surface area contributed by atoms with Crippen LogP contribution in [0.1, 0.15) is 6.92 Å². The molecule has 0 aromatic heterocycles. The van der Waals surface area contributed by atoms with E-state index in [1.165, 1.54) is 0 Å². The highest BCUT2D eigenvalue weighted by molar-refractivity contribution is 6.36. The molecule has 0 saturated carbocycles. The van der Waals surface area contributed by atoms with Crippen LogP contribution in [-0.4, -0.2) is 55.8 Å². The Balaban J connectivity index is 1.79. The third kappa shape index (κ3) is 3.44. The van der Waals surface area contributed by atoms with Crippen molar-refractivity contribution in [1.29, 1.82) is 0 Å². The Hall–Kier alpha value is -0.560. The van der Waals surface area contributed by atoms with E-state index in [1.807, 2.05) is 12.1 Å². The molecule has 7 heteroatoms. The van der Waals surface area contributed by atoms with Gasteiger partial charge in [-0.2, -0.15) is 0 Å². The van der Waals surface area contributed by atoms with E-state index in [1.54, 1.807) is 6.07 Å². The predicted molar refractivity (Wildman–Crippen MR) is 83.5 cm³/mol. The quantitative estimate of drug-likeness (QED) is 0.845. The van der Waals surface area contributed by atoms with Crippen molar-refractivity contribution in [1.82, 2.24) is 9.91 Å². The largest absolute Gasteiger partial charge is 0.349 e. The Labute approximate surface area is 134 Å². The molecule has 21 heavy (non-hydrogen) atoms. The fraction of sp³-hybridized carbons (Fsp3) is 0.571. The topological polar surface area (TPSA) is 28.2 Å². The van der Waals surface area contributed by atoms with Crippen LogP contribution in [0.25, 0.3) is 0 Å². The lowest BCUT2D eigenvalue weighted by Crippen LogP contribution is -2.42. The highest BCUT2D eigenvalue weighted by Crippen LogP contribution is 2.32. The monoisotopic (exact) mass is 331 g/mol. The summed E-state index contributed by atoms with van der Waals surface area (Å²) in [5.74, 6) is 0. The lowest BCUT2D eigenvalue weighted by Gasteiger charge is -2.30. The molecule has 0 amide bonds. The minimum atomic E-state index is -0.171. The third-order valence-electron chi connectivity index (χ3n) is 3.72. The van der Waals surface area contributed by atoms with Gasteiger partial charge in [-0.15, -0.1) is 0 Å². The van der Waals surface area contributed by atoms with Gasteiger partial charge >= 0.3 is 0 Å². The van der Waals surface area contributed by atoms with Gasteiger partial charge in [0.25, 0.3) is 0 Å². The van der Waals surface area contributed by atoms with Gasteiger partial charge in [-0.05, 0) is 24.7 Å². The predicted octanol–water partition coefficient (Wildman–Crippen LogP) is 2.64. The first kappa shape index (κ1) is 15.3. The van der Waals surface area contributed by atoms with Gasteiger partial charge in [0.2, 0.25) is 0 Å². The van der Waals surface area contributed by atoms with Gasteiger partial charge in [0.1, 0.15) is 0 Å². The van der Waals surface area contributed by atoms with Crippen LogP contribution in [0.3, 0.4) is 0 Å². The van der Waals surface area contributed by atoms with Gasteiger partial charge in [-0.1, -0.05) is 30.1 Å². The van der Waals surface area contributed by atoms with Gasteiger partial charge in [-0.3, -0.25) is 9.91 Å². The van der Waals surface area contributed by atoms with Crippen molar-refractivity contribution in [2.75, 3.05) is 44.6 Å². The van der Waals surface area contributed by atoms with Crippen LogP contribution in [0.5, 0.6) is 0 Å². The van der Waals surface area contributed by atoms with Gasteiger partial charge in [0.05, 0.1) is 43.8 Å². The maximum atomic E-state index is 6.35. The molecule has 1 aromatic carbocycles. The Morgan fingerprint density at radius 1 is 1.19 bits per heavy atom. The van der Waals surface area contributed by atoms with Crippen molar-refractivity contribution in [3.63, 3.8) is 0 Å². The zero-order chi connectivity index (χ0) is 14.8. The number of ether oxygens (including phenoxy) is 2. The van der Waals surface area contributed by atoms with Gasteiger partial charge in [0.15, 0.2) is 6.29 Å². The standard InChI is InChI=1S/C14H19Cl2N3O2/c1-2-17-9-18(8-14-20-5-6-21-14)19(10-17)13-4-3-11(15)7-12(13)16/h3-4,7,14H,2,5-6,8-10H2,1H3. The second kappa shape index (κ2) is 6.69. The summed E-state index contributed by atoms with van der Waals surface area (Å²) in [6.45, 7) is 6.77. The summed E-state index contributed by atoms with van der Waals surface area (Å²) in [4.78, 5) is 2.32. The van der Waals surface area contributed by atoms with Gasteiger partial charge in [-0.25, -0.2) is 5.01 Å². The zero-order valence-electron chi connectivity index (χ0n) is 12.0. The number of halogens is 2. The summed E-state index contributed by atoms with van der Waals surface area (Å²) in [7, 11) is 0. The lowest BCUT2D eigenvalue weighted by molar-refractivity contribution is -0.0620. The first-order chi connectivity index (χ1) is 10.2. The van der Waals surface area contributed by atoms with Gasteiger partial charge < -0.3 is 9.47 Å². The number of rotatable bonds is 4. The molecule has 0 radical (unpaired) electrons. The second-order valence-corrected chi connectivity index (χ2v) is 5.97. The molecule has 116 valence electrons. The van der Waals surface area contributed by atoms with Crippen molar-refractivity contribution in [3.8, 4) is 0 Å². The van der Waals surface area contributed by atoms with Crippen LogP contribution in [0.15, 0.2) is 18.2 Å². The number of hydrazine groups is 1. The number of benzene rings is 1. The first-order valence-electron chi connectivity index (χ1n) is 7.10. The molecule has 2 fully saturated rings. The van der Waals surface area contributed by atoms with Crippen LogP contribution >= 0.6 is 23.2 Å².